The smallest absolute Gasteiger partial charge is 0.191 e. The third-order valence-electron chi connectivity index (χ3n) is 5.06. The summed E-state index contributed by atoms with van der Waals surface area (Å²) in [5.74, 6) is 3.08. The molecule has 2 aromatic rings. The number of hydrogen-bond acceptors (Lipinski definition) is 5. The van der Waals surface area contributed by atoms with Crippen molar-refractivity contribution in [1.29, 1.82) is 0 Å². The quantitative estimate of drug-likeness (QED) is 0.277. The molecule has 1 fully saturated rings. The summed E-state index contributed by atoms with van der Waals surface area (Å²) in [6.07, 6.45) is 1.04. The SMILES string of the molecule is CCOc1cc(CNC(=NC)NCc2ccc(C)cc2OC2CCOC2)ccc1OC.I. The van der Waals surface area contributed by atoms with Crippen LogP contribution in [0.2, 0.25) is 0 Å². The Bertz CT molecular complexity index is 886. The van der Waals surface area contributed by atoms with Crippen molar-refractivity contribution in [2.24, 2.45) is 4.99 Å². The zero-order valence-electron chi connectivity index (χ0n) is 19.3. The van der Waals surface area contributed by atoms with E-state index in [0.29, 0.717) is 32.3 Å². The van der Waals surface area contributed by atoms with E-state index in [1.54, 1.807) is 14.2 Å². The van der Waals surface area contributed by atoms with Crippen molar-refractivity contribution in [3.8, 4) is 17.2 Å². The third-order valence-corrected chi connectivity index (χ3v) is 5.06. The zero-order chi connectivity index (χ0) is 22.1. The molecular formula is C24H34IN3O4. The van der Waals surface area contributed by atoms with Crippen LogP contribution in [0.15, 0.2) is 41.4 Å². The Labute approximate surface area is 207 Å². The van der Waals surface area contributed by atoms with Gasteiger partial charge in [0.25, 0.3) is 0 Å². The highest BCUT2D eigenvalue weighted by atomic mass is 127. The third kappa shape index (κ3) is 7.44. The number of hydrogen-bond donors (Lipinski definition) is 2. The van der Waals surface area contributed by atoms with Gasteiger partial charge < -0.3 is 29.6 Å². The van der Waals surface area contributed by atoms with Gasteiger partial charge in [-0.3, -0.25) is 4.99 Å². The van der Waals surface area contributed by atoms with E-state index in [2.05, 4.69) is 40.7 Å². The fourth-order valence-electron chi connectivity index (χ4n) is 3.39. The summed E-state index contributed by atoms with van der Waals surface area (Å²) in [4.78, 5) is 4.34. The number of halogens is 1. The van der Waals surface area contributed by atoms with E-state index in [1.165, 1.54) is 5.56 Å². The summed E-state index contributed by atoms with van der Waals surface area (Å²) in [5.41, 5.74) is 3.33. The Morgan fingerprint density at radius 2 is 1.91 bits per heavy atom. The number of methoxy groups -OCH3 is 1. The second-order valence-electron chi connectivity index (χ2n) is 7.41. The molecular weight excluding hydrogens is 521 g/mol. The summed E-state index contributed by atoms with van der Waals surface area (Å²) in [7, 11) is 3.40. The lowest BCUT2D eigenvalue weighted by Gasteiger charge is -2.18. The summed E-state index contributed by atoms with van der Waals surface area (Å²) < 4.78 is 22.6. The number of aliphatic imine (C=N–C) groups is 1. The lowest BCUT2D eigenvalue weighted by Crippen LogP contribution is -2.36. The molecule has 2 N–H and O–H groups in total. The lowest BCUT2D eigenvalue weighted by atomic mass is 10.1. The first-order valence-corrected chi connectivity index (χ1v) is 10.7. The molecule has 0 amide bonds. The van der Waals surface area contributed by atoms with E-state index in [1.807, 2.05) is 25.1 Å². The highest BCUT2D eigenvalue weighted by Crippen LogP contribution is 2.28. The molecule has 3 rings (SSSR count). The summed E-state index contributed by atoms with van der Waals surface area (Å²) in [6.45, 7) is 7.24. The number of rotatable bonds is 9. The summed E-state index contributed by atoms with van der Waals surface area (Å²) in [6, 6.07) is 12.2. The fourth-order valence-corrected chi connectivity index (χ4v) is 3.39. The highest BCUT2D eigenvalue weighted by molar-refractivity contribution is 14.0. The summed E-state index contributed by atoms with van der Waals surface area (Å²) >= 11 is 0. The largest absolute Gasteiger partial charge is 0.493 e. The molecule has 1 atom stereocenters. The van der Waals surface area contributed by atoms with E-state index >= 15 is 0 Å². The number of ether oxygens (including phenoxy) is 4. The minimum atomic E-state index is 0. The van der Waals surface area contributed by atoms with Gasteiger partial charge in [0, 0.05) is 32.1 Å². The second-order valence-corrected chi connectivity index (χ2v) is 7.41. The normalized spacial score (nSPS) is 15.6. The Kier molecular flexibility index (Phi) is 10.9. The van der Waals surface area contributed by atoms with Gasteiger partial charge in [-0.15, -0.1) is 24.0 Å². The van der Waals surface area contributed by atoms with Crippen LogP contribution >= 0.6 is 24.0 Å². The van der Waals surface area contributed by atoms with Crippen LogP contribution in [0.25, 0.3) is 0 Å². The van der Waals surface area contributed by atoms with Crippen molar-refractivity contribution in [3.05, 3.63) is 53.1 Å². The maximum absolute atomic E-state index is 6.19. The van der Waals surface area contributed by atoms with Gasteiger partial charge in [0.05, 0.1) is 26.9 Å². The number of nitrogens with one attached hydrogen (secondary N) is 2. The topological polar surface area (TPSA) is 73.3 Å². The predicted octanol–water partition coefficient (Wildman–Crippen LogP) is 4.05. The molecule has 2 aromatic carbocycles. The molecule has 1 aliphatic heterocycles. The summed E-state index contributed by atoms with van der Waals surface area (Å²) in [5, 5.41) is 6.72. The number of nitrogens with zero attached hydrogens (tertiary/aromatic N) is 1. The van der Waals surface area contributed by atoms with Crippen LogP contribution < -0.4 is 24.8 Å². The Morgan fingerprint density at radius 3 is 2.59 bits per heavy atom. The van der Waals surface area contributed by atoms with E-state index in [4.69, 9.17) is 18.9 Å². The Hall–Kier alpha value is -2.20. The van der Waals surface area contributed by atoms with Crippen molar-refractivity contribution in [2.45, 2.75) is 39.5 Å². The molecule has 1 heterocycles. The lowest BCUT2D eigenvalue weighted by molar-refractivity contribution is 0.140. The maximum Gasteiger partial charge on any atom is 0.191 e. The standard InChI is InChI=1S/C24H33N3O4.HI/c1-5-30-23-13-18(7-9-21(23)28-4)14-26-24(25-3)27-15-19-8-6-17(2)12-22(19)31-20-10-11-29-16-20;/h6-9,12-13,20H,5,10-11,14-16H2,1-4H3,(H2,25,26,27);1H. The molecule has 0 bridgehead atoms. The average molecular weight is 555 g/mol. The van der Waals surface area contributed by atoms with Gasteiger partial charge in [-0.2, -0.15) is 0 Å². The number of guanidine groups is 1. The van der Waals surface area contributed by atoms with Crippen molar-refractivity contribution >= 4 is 29.9 Å². The van der Waals surface area contributed by atoms with Crippen LogP contribution in [0.1, 0.15) is 30.0 Å². The zero-order valence-corrected chi connectivity index (χ0v) is 21.6. The van der Waals surface area contributed by atoms with Crippen LogP contribution in [0.4, 0.5) is 0 Å². The van der Waals surface area contributed by atoms with Gasteiger partial charge in [-0.25, -0.2) is 0 Å². The van der Waals surface area contributed by atoms with Crippen molar-refractivity contribution in [2.75, 3.05) is 34.0 Å². The average Bonchev–Trinajstić information content (AvgIpc) is 3.28. The van der Waals surface area contributed by atoms with Gasteiger partial charge >= 0.3 is 0 Å². The Morgan fingerprint density at radius 1 is 1.09 bits per heavy atom. The molecule has 0 radical (unpaired) electrons. The van der Waals surface area contributed by atoms with E-state index in [0.717, 1.165) is 41.4 Å². The first-order valence-electron chi connectivity index (χ1n) is 10.7. The molecule has 0 aliphatic carbocycles. The molecule has 8 heteroatoms. The van der Waals surface area contributed by atoms with Gasteiger partial charge in [-0.1, -0.05) is 18.2 Å². The van der Waals surface area contributed by atoms with Gasteiger partial charge in [0.15, 0.2) is 17.5 Å². The van der Waals surface area contributed by atoms with Crippen molar-refractivity contribution < 1.29 is 18.9 Å². The van der Waals surface area contributed by atoms with Crippen LogP contribution in [-0.2, 0) is 17.8 Å². The van der Waals surface area contributed by atoms with Crippen molar-refractivity contribution in [3.63, 3.8) is 0 Å². The molecule has 32 heavy (non-hydrogen) atoms. The van der Waals surface area contributed by atoms with E-state index < -0.39 is 0 Å². The van der Waals surface area contributed by atoms with Gasteiger partial charge in [-0.05, 0) is 43.2 Å². The van der Waals surface area contributed by atoms with Crippen molar-refractivity contribution in [1.82, 2.24) is 10.6 Å². The number of aryl methyl sites for hydroxylation is 1. The minimum absolute atomic E-state index is 0. The molecule has 1 aliphatic rings. The van der Waals surface area contributed by atoms with E-state index in [-0.39, 0.29) is 30.1 Å². The molecule has 176 valence electrons. The maximum atomic E-state index is 6.19. The minimum Gasteiger partial charge on any atom is -0.493 e. The first kappa shape index (κ1) is 26.1. The molecule has 0 aromatic heterocycles. The van der Waals surface area contributed by atoms with Crippen LogP contribution in [0.5, 0.6) is 17.2 Å². The van der Waals surface area contributed by atoms with Crippen LogP contribution in [-0.4, -0.2) is 46.0 Å². The van der Waals surface area contributed by atoms with Gasteiger partial charge in [0.1, 0.15) is 11.9 Å². The monoisotopic (exact) mass is 555 g/mol. The van der Waals surface area contributed by atoms with Crippen LogP contribution in [0, 0.1) is 6.92 Å². The highest BCUT2D eigenvalue weighted by Gasteiger charge is 2.18. The molecule has 7 nitrogen and oxygen atoms in total. The molecule has 1 saturated heterocycles. The molecule has 0 saturated carbocycles. The number of benzene rings is 2. The second kappa shape index (κ2) is 13.4. The Balaban J connectivity index is 0.00000363. The first-order chi connectivity index (χ1) is 15.1. The van der Waals surface area contributed by atoms with Gasteiger partial charge in [0.2, 0.25) is 0 Å². The fraction of sp³-hybridized carbons (Fsp3) is 0.458. The molecule has 1 unspecified atom stereocenters. The van der Waals surface area contributed by atoms with E-state index in [9.17, 15) is 0 Å². The molecule has 0 spiro atoms. The van der Waals surface area contributed by atoms with Crippen LogP contribution in [0.3, 0.4) is 0 Å². The predicted molar refractivity (Wildman–Crippen MR) is 138 cm³/mol.